The van der Waals surface area contributed by atoms with E-state index in [-0.39, 0.29) is 5.82 Å². The molecule has 122 valence electrons. The maximum absolute atomic E-state index is 14.2. The van der Waals surface area contributed by atoms with Crippen molar-refractivity contribution in [3.05, 3.63) is 94.8 Å². The topological polar surface area (TPSA) is 0 Å². The van der Waals surface area contributed by atoms with E-state index in [9.17, 15) is 4.39 Å². The van der Waals surface area contributed by atoms with Gasteiger partial charge in [0.25, 0.3) is 0 Å². The first-order valence-corrected chi connectivity index (χ1v) is 8.59. The van der Waals surface area contributed by atoms with Crippen LogP contribution >= 0.6 is 0 Å². The summed E-state index contributed by atoms with van der Waals surface area (Å²) in [5.74, 6) is -0.137. The monoisotopic (exact) mass is 318 g/mol. The van der Waals surface area contributed by atoms with E-state index >= 15 is 0 Å². The van der Waals surface area contributed by atoms with E-state index in [4.69, 9.17) is 0 Å². The number of halogens is 1. The van der Waals surface area contributed by atoms with Crippen molar-refractivity contribution in [2.75, 3.05) is 0 Å². The third-order valence-corrected chi connectivity index (χ3v) is 4.53. The third-order valence-electron chi connectivity index (χ3n) is 4.53. The zero-order valence-electron chi connectivity index (χ0n) is 14.4. The number of aryl methyl sites for hydroxylation is 4. The van der Waals surface area contributed by atoms with E-state index in [1.165, 1.54) is 16.7 Å². The summed E-state index contributed by atoms with van der Waals surface area (Å²) in [6, 6.07) is 22.5. The molecule has 0 amide bonds. The lowest BCUT2D eigenvalue weighted by Gasteiger charge is -2.07. The molecule has 3 rings (SSSR count). The van der Waals surface area contributed by atoms with Crippen molar-refractivity contribution < 1.29 is 4.39 Å². The maximum atomic E-state index is 14.2. The van der Waals surface area contributed by atoms with Gasteiger partial charge in [0.05, 0.1) is 0 Å². The Labute approximate surface area is 144 Å². The second-order valence-electron chi connectivity index (χ2n) is 6.35. The Kier molecular flexibility index (Phi) is 5.10. The lowest BCUT2D eigenvalue weighted by molar-refractivity contribution is 0.629. The minimum absolute atomic E-state index is 0.137. The lowest BCUT2D eigenvalue weighted by Crippen LogP contribution is -1.92. The van der Waals surface area contributed by atoms with Crippen LogP contribution in [0.25, 0.3) is 11.1 Å². The molecule has 0 nitrogen and oxygen atoms in total. The highest BCUT2D eigenvalue weighted by molar-refractivity contribution is 5.64. The van der Waals surface area contributed by atoms with Gasteiger partial charge in [0.2, 0.25) is 0 Å². The number of hydrogen-bond acceptors (Lipinski definition) is 0. The molecule has 0 radical (unpaired) electrons. The minimum atomic E-state index is -0.137. The SMILES string of the molecule is CCc1ccc(-c2ccc(CCc3ccc(C)cc3)cc2)c(F)c1. The van der Waals surface area contributed by atoms with Crippen LogP contribution in [0.5, 0.6) is 0 Å². The predicted molar refractivity (Wildman–Crippen MR) is 99.8 cm³/mol. The average molecular weight is 318 g/mol. The van der Waals surface area contributed by atoms with Crippen molar-refractivity contribution >= 4 is 0 Å². The largest absolute Gasteiger partial charge is 0.206 e. The van der Waals surface area contributed by atoms with Crippen LogP contribution in [-0.4, -0.2) is 0 Å². The van der Waals surface area contributed by atoms with Gasteiger partial charge in [-0.3, -0.25) is 0 Å². The number of benzene rings is 3. The number of hydrogen-bond donors (Lipinski definition) is 0. The Balaban J connectivity index is 1.70. The standard InChI is InChI=1S/C23H23F/c1-3-18-12-15-22(23(24)16-18)21-13-10-20(11-14-21)9-8-19-6-4-17(2)5-7-19/h4-7,10-16H,3,8-9H2,1-2H3. The van der Waals surface area contributed by atoms with E-state index < -0.39 is 0 Å². The van der Waals surface area contributed by atoms with Crippen LogP contribution in [0.3, 0.4) is 0 Å². The molecule has 0 aliphatic rings. The second-order valence-corrected chi connectivity index (χ2v) is 6.35. The summed E-state index contributed by atoms with van der Waals surface area (Å²) < 4.78 is 14.2. The Morgan fingerprint density at radius 2 is 1.25 bits per heavy atom. The van der Waals surface area contributed by atoms with Gasteiger partial charge in [-0.15, -0.1) is 0 Å². The van der Waals surface area contributed by atoms with Crippen LogP contribution in [0, 0.1) is 12.7 Å². The van der Waals surface area contributed by atoms with Crippen LogP contribution in [0.4, 0.5) is 4.39 Å². The van der Waals surface area contributed by atoms with Crippen molar-refractivity contribution in [2.45, 2.75) is 33.1 Å². The summed E-state index contributed by atoms with van der Waals surface area (Å²) in [4.78, 5) is 0. The summed E-state index contributed by atoms with van der Waals surface area (Å²) in [6.45, 7) is 4.14. The maximum Gasteiger partial charge on any atom is 0.131 e. The first-order valence-electron chi connectivity index (χ1n) is 8.59. The van der Waals surface area contributed by atoms with E-state index in [1.54, 1.807) is 6.07 Å². The first-order chi connectivity index (χ1) is 11.7. The van der Waals surface area contributed by atoms with Gasteiger partial charge in [0.1, 0.15) is 5.82 Å². The molecule has 0 saturated carbocycles. The highest BCUT2D eigenvalue weighted by atomic mass is 19.1. The first kappa shape index (κ1) is 16.4. The zero-order chi connectivity index (χ0) is 16.9. The molecule has 0 bridgehead atoms. The third kappa shape index (κ3) is 3.91. The molecule has 0 unspecified atom stereocenters. The Morgan fingerprint density at radius 3 is 1.79 bits per heavy atom. The normalized spacial score (nSPS) is 10.8. The molecule has 0 spiro atoms. The molecule has 0 heterocycles. The molecule has 3 aromatic rings. The van der Waals surface area contributed by atoms with Gasteiger partial charge in [-0.05, 0) is 54.5 Å². The molecule has 24 heavy (non-hydrogen) atoms. The van der Waals surface area contributed by atoms with Gasteiger partial charge in [-0.1, -0.05) is 73.2 Å². The molecule has 3 aromatic carbocycles. The van der Waals surface area contributed by atoms with E-state index in [0.29, 0.717) is 5.56 Å². The summed E-state index contributed by atoms with van der Waals surface area (Å²) in [6.07, 6.45) is 2.88. The zero-order valence-corrected chi connectivity index (χ0v) is 14.4. The smallest absolute Gasteiger partial charge is 0.131 e. The summed E-state index contributed by atoms with van der Waals surface area (Å²) in [7, 11) is 0. The van der Waals surface area contributed by atoms with E-state index in [1.807, 2.05) is 31.2 Å². The van der Waals surface area contributed by atoms with Crippen LogP contribution < -0.4 is 0 Å². The van der Waals surface area contributed by atoms with Crippen molar-refractivity contribution in [3.63, 3.8) is 0 Å². The minimum Gasteiger partial charge on any atom is -0.206 e. The van der Waals surface area contributed by atoms with Crippen molar-refractivity contribution in [1.29, 1.82) is 0 Å². The highest BCUT2D eigenvalue weighted by Gasteiger charge is 2.06. The second kappa shape index (κ2) is 7.44. The molecule has 0 aliphatic heterocycles. The molecule has 0 atom stereocenters. The van der Waals surface area contributed by atoms with E-state index in [0.717, 1.165) is 30.4 Å². The van der Waals surface area contributed by atoms with Crippen molar-refractivity contribution in [2.24, 2.45) is 0 Å². The van der Waals surface area contributed by atoms with Crippen LogP contribution in [-0.2, 0) is 19.3 Å². The van der Waals surface area contributed by atoms with Crippen LogP contribution in [0.2, 0.25) is 0 Å². The Bertz CT molecular complexity index is 798. The highest BCUT2D eigenvalue weighted by Crippen LogP contribution is 2.24. The molecule has 0 saturated heterocycles. The summed E-state index contributed by atoms with van der Waals surface area (Å²) >= 11 is 0. The van der Waals surface area contributed by atoms with Crippen molar-refractivity contribution in [3.8, 4) is 11.1 Å². The van der Waals surface area contributed by atoms with Crippen LogP contribution in [0.15, 0.2) is 66.7 Å². The van der Waals surface area contributed by atoms with Gasteiger partial charge >= 0.3 is 0 Å². The molecule has 0 fully saturated rings. The van der Waals surface area contributed by atoms with Gasteiger partial charge in [0, 0.05) is 5.56 Å². The van der Waals surface area contributed by atoms with Gasteiger partial charge < -0.3 is 0 Å². The molecule has 1 heteroatoms. The van der Waals surface area contributed by atoms with Crippen LogP contribution in [0.1, 0.15) is 29.2 Å². The Hall–Kier alpha value is -2.41. The Morgan fingerprint density at radius 1 is 0.708 bits per heavy atom. The quantitative estimate of drug-likeness (QED) is 0.529. The van der Waals surface area contributed by atoms with E-state index in [2.05, 4.69) is 43.3 Å². The molecular weight excluding hydrogens is 295 g/mol. The fourth-order valence-corrected chi connectivity index (χ4v) is 2.91. The summed E-state index contributed by atoms with van der Waals surface area (Å²) in [5.41, 5.74) is 6.58. The van der Waals surface area contributed by atoms with Gasteiger partial charge in [-0.2, -0.15) is 0 Å². The summed E-state index contributed by atoms with van der Waals surface area (Å²) in [5, 5.41) is 0. The molecular formula is C23H23F. The predicted octanol–water partition coefficient (Wildman–Crippen LogP) is 6.15. The van der Waals surface area contributed by atoms with Gasteiger partial charge in [-0.25, -0.2) is 4.39 Å². The molecule has 0 N–H and O–H groups in total. The molecule has 0 aliphatic carbocycles. The fraction of sp³-hybridized carbons (Fsp3) is 0.217. The van der Waals surface area contributed by atoms with Gasteiger partial charge in [0.15, 0.2) is 0 Å². The van der Waals surface area contributed by atoms with Crippen molar-refractivity contribution in [1.82, 2.24) is 0 Å². The number of rotatable bonds is 5. The molecule has 0 aromatic heterocycles. The lowest BCUT2D eigenvalue weighted by atomic mass is 9.98. The average Bonchev–Trinajstić information content (AvgIpc) is 2.62. The fourth-order valence-electron chi connectivity index (χ4n) is 2.91.